The molecular weight excluding hydrogens is 210 g/mol. The molecule has 0 saturated heterocycles. The van der Waals surface area contributed by atoms with Crippen molar-refractivity contribution < 1.29 is 4.74 Å². The quantitative estimate of drug-likeness (QED) is 0.736. The van der Waals surface area contributed by atoms with Gasteiger partial charge in [-0.1, -0.05) is 20.3 Å². The van der Waals surface area contributed by atoms with Gasteiger partial charge in [0.15, 0.2) is 0 Å². The van der Waals surface area contributed by atoms with E-state index in [1.807, 2.05) is 7.11 Å². The molecule has 2 saturated carbocycles. The molecule has 0 aromatic heterocycles. The van der Waals surface area contributed by atoms with Crippen LogP contribution in [0, 0.1) is 17.8 Å². The van der Waals surface area contributed by atoms with Crippen LogP contribution in [-0.4, -0.2) is 25.8 Å². The number of hydrogen-bond donors (Lipinski definition) is 1. The Morgan fingerprint density at radius 3 is 2.53 bits per heavy atom. The van der Waals surface area contributed by atoms with E-state index in [4.69, 9.17) is 4.74 Å². The second-order valence-electron chi connectivity index (χ2n) is 6.00. The van der Waals surface area contributed by atoms with Crippen LogP contribution in [0.15, 0.2) is 0 Å². The summed E-state index contributed by atoms with van der Waals surface area (Å²) in [6, 6.07) is 0.597. The van der Waals surface area contributed by atoms with Crippen LogP contribution in [0.1, 0.15) is 52.4 Å². The number of ether oxygens (including phenoxy) is 1. The summed E-state index contributed by atoms with van der Waals surface area (Å²) < 4.78 is 5.72. The molecule has 0 amide bonds. The number of hydrogen-bond acceptors (Lipinski definition) is 2. The number of fused-ring (bicyclic) bond motifs is 2. The van der Waals surface area contributed by atoms with Crippen LogP contribution in [0.4, 0.5) is 0 Å². The molecule has 2 heteroatoms. The average molecular weight is 239 g/mol. The van der Waals surface area contributed by atoms with E-state index in [0.29, 0.717) is 12.1 Å². The van der Waals surface area contributed by atoms with Crippen LogP contribution >= 0.6 is 0 Å². The zero-order chi connectivity index (χ0) is 12.3. The number of methoxy groups -OCH3 is 1. The van der Waals surface area contributed by atoms with E-state index in [-0.39, 0.29) is 0 Å². The van der Waals surface area contributed by atoms with E-state index >= 15 is 0 Å². The second-order valence-corrected chi connectivity index (χ2v) is 6.00. The van der Waals surface area contributed by atoms with E-state index < -0.39 is 0 Å². The van der Waals surface area contributed by atoms with Crippen molar-refractivity contribution in [2.24, 2.45) is 17.8 Å². The van der Waals surface area contributed by atoms with Crippen LogP contribution in [0.2, 0.25) is 0 Å². The molecule has 2 aliphatic carbocycles. The maximum atomic E-state index is 5.72. The third-order valence-electron chi connectivity index (χ3n) is 4.99. The zero-order valence-electron chi connectivity index (χ0n) is 11.7. The predicted molar refractivity (Wildman–Crippen MR) is 72.1 cm³/mol. The fourth-order valence-corrected chi connectivity index (χ4v) is 4.17. The average Bonchev–Trinajstić information content (AvgIpc) is 2.96. The van der Waals surface area contributed by atoms with Crippen molar-refractivity contribution >= 4 is 0 Å². The molecule has 0 radical (unpaired) electrons. The van der Waals surface area contributed by atoms with Gasteiger partial charge in [0.1, 0.15) is 0 Å². The van der Waals surface area contributed by atoms with Crippen molar-refractivity contribution in [1.82, 2.24) is 5.32 Å². The Morgan fingerprint density at radius 1 is 1.24 bits per heavy atom. The fourth-order valence-electron chi connectivity index (χ4n) is 4.17. The summed E-state index contributed by atoms with van der Waals surface area (Å²) in [6.07, 6.45) is 8.67. The third kappa shape index (κ3) is 2.85. The highest BCUT2D eigenvalue weighted by Gasteiger charge is 2.44. The molecule has 0 aromatic carbocycles. The van der Waals surface area contributed by atoms with Gasteiger partial charge in [-0.15, -0.1) is 0 Å². The van der Waals surface area contributed by atoms with E-state index in [9.17, 15) is 0 Å². The van der Waals surface area contributed by atoms with Gasteiger partial charge in [0.25, 0.3) is 0 Å². The molecule has 0 heterocycles. The predicted octanol–water partition coefficient (Wildman–Crippen LogP) is 3.22. The van der Waals surface area contributed by atoms with Crippen molar-refractivity contribution in [1.29, 1.82) is 0 Å². The Bertz CT molecular complexity index is 227. The zero-order valence-corrected chi connectivity index (χ0v) is 11.7. The van der Waals surface area contributed by atoms with Gasteiger partial charge in [-0.25, -0.2) is 0 Å². The van der Waals surface area contributed by atoms with Crippen molar-refractivity contribution in [3.8, 4) is 0 Å². The standard InChI is InChI=1S/C15H29NO/c1-4-8-16-15(14(5-2)17-3)13-10-11-6-7-12(13)9-11/h11-16H,4-10H2,1-3H3. The Kier molecular flexibility index (Phi) is 4.87. The lowest BCUT2D eigenvalue weighted by Crippen LogP contribution is -2.48. The van der Waals surface area contributed by atoms with Gasteiger partial charge >= 0.3 is 0 Å². The summed E-state index contributed by atoms with van der Waals surface area (Å²) >= 11 is 0. The molecule has 2 bridgehead atoms. The summed E-state index contributed by atoms with van der Waals surface area (Å²) in [5.41, 5.74) is 0. The molecule has 2 fully saturated rings. The fraction of sp³-hybridized carbons (Fsp3) is 1.00. The van der Waals surface area contributed by atoms with Gasteiger partial charge in [0.2, 0.25) is 0 Å². The lowest BCUT2D eigenvalue weighted by Gasteiger charge is -2.36. The molecule has 0 spiro atoms. The van der Waals surface area contributed by atoms with Gasteiger partial charge in [-0.3, -0.25) is 0 Å². The number of rotatable bonds is 7. The van der Waals surface area contributed by atoms with E-state index in [0.717, 1.165) is 30.7 Å². The maximum absolute atomic E-state index is 5.72. The first-order valence-corrected chi connectivity index (χ1v) is 7.56. The lowest BCUT2D eigenvalue weighted by atomic mass is 9.80. The molecule has 2 rings (SSSR count). The minimum atomic E-state index is 0.408. The van der Waals surface area contributed by atoms with Crippen molar-refractivity contribution in [3.05, 3.63) is 0 Å². The van der Waals surface area contributed by atoms with Crippen LogP contribution < -0.4 is 5.32 Å². The van der Waals surface area contributed by atoms with Gasteiger partial charge in [0.05, 0.1) is 6.10 Å². The Balaban J connectivity index is 1.98. The maximum Gasteiger partial charge on any atom is 0.0724 e. The molecule has 1 N–H and O–H groups in total. The normalized spacial score (nSPS) is 35.1. The van der Waals surface area contributed by atoms with E-state index in [1.54, 1.807) is 0 Å². The second kappa shape index (κ2) is 6.19. The molecular formula is C15H29NO. The van der Waals surface area contributed by atoms with Crippen LogP contribution in [0.25, 0.3) is 0 Å². The van der Waals surface area contributed by atoms with Crippen molar-refractivity contribution in [3.63, 3.8) is 0 Å². The van der Waals surface area contributed by atoms with Crippen molar-refractivity contribution in [2.45, 2.75) is 64.5 Å². The molecule has 2 aliphatic rings. The van der Waals surface area contributed by atoms with E-state index in [1.165, 1.54) is 32.1 Å². The highest BCUT2D eigenvalue weighted by molar-refractivity contribution is 4.97. The summed E-state index contributed by atoms with van der Waals surface area (Å²) in [5.74, 6) is 2.90. The minimum Gasteiger partial charge on any atom is -0.380 e. The molecule has 5 unspecified atom stereocenters. The summed E-state index contributed by atoms with van der Waals surface area (Å²) in [5, 5.41) is 3.77. The minimum absolute atomic E-state index is 0.408. The molecule has 0 aliphatic heterocycles. The summed E-state index contributed by atoms with van der Waals surface area (Å²) in [6.45, 7) is 5.64. The van der Waals surface area contributed by atoms with Gasteiger partial charge in [0, 0.05) is 13.2 Å². The SMILES string of the molecule is CCCNC(C(CC)OC)C1CC2CCC1C2. The smallest absolute Gasteiger partial charge is 0.0724 e. The molecule has 0 aromatic rings. The van der Waals surface area contributed by atoms with Gasteiger partial charge in [-0.05, 0) is 56.4 Å². The monoisotopic (exact) mass is 239 g/mol. The van der Waals surface area contributed by atoms with Crippen molar-refractivity contribution in [2.75, 3.05) is 13.7 Å². The highest BCUT2D eigenvalue weighted by atomic mass is 16.5. The Hall–Kier alpha value is -0.0800. The lowest BCUT2D eigenvalue weighted by molar-refractivity contribution is 0.0328. The molecule has 2 nitrogen and oxygen atoms in total. The van der Waals surface area contributed by atoms with Gasteiger partial charge < -0.3 is 10.1 Å². The van der Waals surface area contributed by atoms with Crippen LogP contribution in [0.5, 0.6) is 0 Å². The molecule has 5 atom stereocenters. The Labute approximate surface area is 107 Å². The topological polar surface area (TPSA) is 21.3 Å². The third-order valence-corrected chi connectivity index (χ3v) is 4.99. The first-order chi connectivity index (χ1) is 8.30. The largest absolute Gasteiger partial charge is 0.380 e. The first kappa shape index (κ1) is 13.4. The van der Waals surface area contributed by atoms with E-state index in [2.05, 4.69) is 19.2 Å². The summed E-state index contributed by atoms with van der Waals surface area (Å²) in [7, 11) is 1.88. The highest BCUT2D eigenvalue weighted by Crippen LogP contribution is 2.50. The summed E-state index contributed by atoms with van der Waals surface area (Å²) in [4.78, 5) is 0. The van der Waals surface area contributed by atoms with Gasteiger partial charge in [-0.2, -0.15) is 0 Å². The first-order valence-electron chi connectivity index (χ1n) is 7.56. The molecule has 17 heavy (non-hydrogen) atoms. The number of nitrogens with one attached hydrogen (secondary N) is 1. The Morgan fingerprint density at radius 2 is 2.06 bits per heavy atom. The van der Waals surface area contributed by atoms with Crippen LogP contribution in [-0.2, 0) is 4.74 Å². The molecule has 100 valence electrons. The van der Waals surface area contributed by atoms with Crippen LogP contribution in [0.3, 0.4) is 0 Å².